The summed E-state index contributed by atoms with van der Waals surface area (Å²) in [6, 6.07) is 6.60. The van der Waals surface area contributed by atoms with Crippen LogP contribution in [0.4, 0.5) is 0 Å². The maximum Gasteiger partial charge on any atom is 0.137 e. The predicted octanol–water partition coefficient (Wildman–Crippen LogP) is 4.29. The van der Waals surface area contributed by atoms with Gasteiger partial charge < -0.3 is 10.1 Å². The van der Waals surface area contributed by atoms with Gasteiger partial charge in [-0.2, -0.15) is 0 Å². The minimum absolute atomic E-state index is 0.465. The molecule has 0 bridgehead atoms. The van der Waals surface area contributed by atoms with E-state index in [4.69, 9.17) is 4.74 Å². The molecule has 0 saturated heterocycles. The van der Waals surface area contributed by atoms with Gasteiger partial charge in [-0.15, -0.1) is 6.58 Å². The number of nitrogens with one attached hydrogen (secondary N) is 1. The molecule has 18 heavy (non-hydrogen) atoms. The van der Waals surface area contributed by atoms with Gasteiger partial charge in [0.05, 0.1) is 11.1 Å². The van der Waals surface area contributed by atoms with Gasteiger partial charge in [-0.05, 0) is 28.9 Å². The van der Waals surface area contributed by atoms with Crippen LogP contribution in [0.5, 0.6) is 5.75 Å². The van der Waals surface area contributed by atoms with E-state index in [1.807, 2.05) is 19.1 Å². The molecule has 0 amide bonds. The summed E-state index contributed by atoms with van der Waals surface area (Å²) in [7, 11) is 0. The lowest BCUT2D eigenvalue weighted by molar-refractivity contribution is 0.315. The molecule has 0 fully saturated rings. The number of para-hydroxylation sites is 1. The summed E-state index contributed by atoms with van der Waals surface area (Å²) in [5.41, 5.74) is 2.32. The van der Waals surface area contributed by atoms with E-state index in [1.54, 1.807) is 0 Å². The van der Waals surface area contributed by atoms with Gasteiger partial charge in [-0.1, -0.05) is 31.6 Å². The van der Waals surface area contributed by atoms with Crippen molar-refractivity contribution >= 4 is 15.9 Å². The predicted molar refractivity (Wildman–Crippen MR) is 81.0 cm³/mol. The smallest absolute Gasteiger partial charge is 0.137 e. The van der Waals surface area contributed by atoms with Crippen molar-refractivity contribution in [3.05, 3.63) is 40.4 Å². The Kier molecular flexibility index (Phi) is 6.44. The van der Waals surface area contributed by atoms with Crippen LogP contribution in [0.3, 0.4) is 0 Å². The highest BCUT2D eigenvalue weighted by molar-refractivity contribution is 9.10. The van der Waals surface area contributed by atoms with Crippen LogP contribution >= 0.6 is 15.9 Å². The molecular weight excluding hydrogens is 290 g/mol. The van der Waals surface area contributed by atoms with Gasteiger partial charge in [0.15, 0.2) is 0 Å². The molecule has 0 saturated carbocycles. The molecule has 0 heterocycles. The molecule has 0 spiro atoms. The molecule has 3 heteroatoms. The SMILES string of the molecule is C=C(C)CCOc1c(Br)cccc1CNC(C)C. The molecule has 100 valence electrons. The van der Waals surface area contributed by atoms with Crippen molar-refractivity contribution in [1.29, 1.82) is 0 Å². The van der Waals surface area contributed by atoms with Crippen LogP contribution in [0.15, 0.2) is 34.8 Å². The summed E-state index contributed by atoms with van der Waals surface area (Å²) in [4.78, 5) is 0. The van der Waals surface area contributed by atoms with Crippen LogP contribution < -0.4 is 10.1 Å². The van der Waals surface area contributed by atoms with E-state index in [2.05, 4.69) is 47.7 Å². The number of halogens is 1. The summed E-state index contributed by atoms with van der Waals surface area (Å²) >= 11 is 3.55. The van der Waals surface area contributed by atoms with Crippen molar-refractivity contribution in [2.75, 3.05) is 6.61 Å². The molecule has 0 aliphatic rings. The van der Waals surface area contributed by atoms with Crippen molar-refractivity contribution in [3.63, 3.8) is 0 Å². The highest BCUT2D eigenvalue weighted by atomic mass is 79.9. The fourth-order valence-corrected chi connectivity index (χ4v) is 2.02. The van der Waals surface area contributed by atoms with E-state index >= 15 is 0 Å². The zero-order valence-corrected chi connectivity index (χ0v) is 13.0. The highest BCUT2D eigenvalue weighted by Gasteiger charge is 2.08. The van der Waals surface area contributed by atoms with Gasteiger partial charge in [-0.25, -0.2) is 0 Å². The van der Waals surface area contributed by atoms with Gasteiger partial charge in [-0.3, -0.25) is 0 Å². The summed E-state index contributed by atoms with van der Waals surface area (Å²) in [5, 5.41) is 3.41. The van der Waals surface area contributed by atoms with Crippen LogP contribution in [-0.4, -0.2) is 12.6 Å². The Bertz CT molecular complexity index is 401. The zero-order valence-electron chi connectivity index (χ0n) is 11.4. The molecule has 0 radical (unpaired) electrons. The minimum Gasteiger partial charge on any atom is -0.492 e. The van der Waals surface area contributed by atoms with E-state index in [9.17, 15) is 0 Å². The molecule has 0 aliphatic carbocycles. The number of hydrogen-bond donors (Lipinski definition) is 1. The third-order valence-corrected chi connectivity index (χ3v) is 3.15. The molecule has 1 aromatic carbocycles. The molecule has 1 aromatic rings. The van der Waals surface area contributed by atoms with Crippen molar-refractivity contribution in [2.24, 2.45) is 0 Å². The van der Waals surface area contributed by atoms with Gasteiger partial charge in [0, 0.05) is 24.6 Å². The summed E-state index contributed by atoms with van der Waals surface area (Å²) in [6.07, 6.45) is 0.887. The first-order valence-corrected chi connectivity index (χ1v) is 7.08. The first-order valence-electron chi connectivity index (χ1n) is 6.28. The minimum atomic E-state index is 0.465. The average molecular weight is 312 g/mol. The number of ether oxygens (including phenoxy) is 1. The van der Waals surface area contributed by atoms with Crippen molar-refractivity contribution in [3.8, 4) is 5.75 Å². The first kappa shape index (κ1) is 15.3. The lowest BCUT2D eigenvalue weighted by Crippen LogP contribution is -2.22. The van der Waals surface area contributed by atoms with E-state index in [1.165, 1.54) is 5.56 Å². The van der Waals surface area contributed by atoms with Crippen molar-refractivity contribution in [1.82, 2.24) is 5.32 Å². The van der Waals surface area contributed by atoms with Crippen LogP contribution in [0.2, 0.25) is 0 Å². The van der Waals surface area contributed by atoms with Crippen molar-refractivity contribution in [2.45, 2.75) is 39.8 Å². The third kappa shape index (κ3) is 5.23. The van der Waals surface area contributed by atoms with Crippen LogP contribution in [0.1, 0.15) is 32.8 Å². The second-order valence-corrected chi connectivity index (χ2v) is 5.67. The standard InChI is InChI=1S/C15H22BrNO/c1-11(2)8-9-18-15-13(10-17-12(3)4)6-5-7-14(15)16/h5-7,12,17H,1,8-10H2,2-4H3. The van der Waals surface area contributed by atoms with Crippen molar-refractivity contribution < 1.29 is 4.74 Å². The first-order chi connectivity index (χ1) is 8.50. The molecule has 1 rings (SSSR count). The van der Waals surface area contributed by atoms with E-state index in [0.717, 1.165) is 28.8 Å². The molecule has 2 nitrogen and oxygen atoms in total. The number of benzene rings is 1. The second kappa shape index (κ2) is 7.59. The summed E-state index contributed by atoms with van der Waals surface area (Å²) in [5.74, 6) is 0.937. The largest absolute Gasteiger partial charge is 0.492 e. The van der Waals surface area contributed by atoms with Gasteiger partial charge in [0.1, 0.15) is 5.75 Å². The zero-order chi connectivity index (χ0) is 13.5. The summed E-state index contributed by atoms with van der Waals surface area (Å²) in [6.45, 7) is 11.7. The lowest BCUT2D eigenvalue weighted by atomic mass is 10.2. The van der Waals surface area contributed by atoms with Gasteiger partial charge in [0.2, 0.25) is 0 Å². The summed E-state index contributed by atoms with van der Waals surface area (Å²) < 4.78 is 6.87. The Hall–Kier alpha value is -0.800. The quantitative estimate of drug-likeness (QED) is 0.758. The van der Waals surface area contributed by atoms with Crippen LogP contribution in [0.25, 0.3) is 0 Å². The Morgan fingerprint density at radius 3 is 2.78 bits per heavy atom. The van der Waals surface area contributed by atoms with E-state index in [-0.39, 0.29) is 0 Å². The number of rotatable bonds is 7. The van der Waals surface area contributed by atoms with Gasteiger partial charge >= 0.3 is 0 Å². The van der Waals surface area contributed by atoms with E-state index in [0.29, 0.717) is 12.6 Å². The molecule has 0 aliphatic heterocycles. The highest BCUT2D eigenvalue weighted by Crippen LogP contribution is 2.29. The normalized spacial score (nSPS) is 10.7. The second-order valence-electron chi connectivity index (χ2n) is 4.82. The maximum absolute atomic E-state index is 5.86. The fraction of sp³-hybridized carbons (Fsp3) is 0.467. The van der Waals surface area contributed by atoms with Gasteiger partial charge in [0.25, 0.3) is 0 Å². The maximum atomic E-state index is 5.86. The van der Waals surface area contributed by atoms with Crippen LogP contribution in [-0.2, 0) is 6.54 Å². The average Bonchev–Trinajstić information content (AvgIpc) is 2.28. The molecule has 0 aromatic heterocycles. The van der Waals surface area contributed by atoms with Crippen LogP contribution in [0, 0.1) is 0 Å². The Morgan fingerprint density at radius 1 is 1.44 bits per heavy atom. The molecule has 0 atom stereocenters. The molecule has 0 unspecified atom stereocenters. The fourth-order valence-electron chi connectivity index (χ4n) is 1.50. The Morgan fingerprint density at radius 2 is 2.17 bits per heavy atom. The Labute approximate surface area is 119 Å². The molecule has 1 N–H and O–H groups in total. The lowest BCUT2D eigenvalue weighted by Gasteiger charge is -2.15. The van der Waals surface area contributed by atoms with E-state index < -0.39 is 0 Å². The third-order valence-electron chi connectivity index (χ3n) is 2.52. The molecular formula is C15H22BrNO. The Balaban J connectivity index is 2.70. The monoisotopic (exact) mass is 311 g/mol. The number of hydrogen-bond acceptors (Lipinski definition) is 2. The topological polar surface area (TPSA) is 21.3 Å².